The van der Waals surface area contributed by atoms with Crippen LogP contribution in [0.1, 0.15) is 51.2 Å². The molecule has 1 aliphatic carbocycles. The van der Waals surface area contributed by atoms with Gasteiger partial charge in [0.2, 0.25) is 5.88 Å². The number of nitrogens with zero attached hydrogens (tertiary/aromatic N) is 2. The van der Waals surface area contributed by atoms with Crippen LogP contribution in [0.25, 0.3) is 0 Å². The highest BCUT2D eigenvalue weighted by molar-refractivity contribution is 5.81. The minimum absolute atomic E-state index is 0.0183. The third-order valence-electron chi connectivity index (χ3n) is 5.51. The van der Waals surface area contributed by atoms with Crippen LogP contribution in [0.5, 0.6) is 5.88 Å². The van der Waals surface area contributed by atoms with Crippen molar-refractivity contribution in [1.29, 1.82) is 0 Å². The Kier molecular flexibility index (Phi) is 5.80. The fourth-order valence-electron chi connectivity index (χ4n) is 4.66. The lowest BCUT2D eigenvalue weighted by Gasteiger charge is -2.44. The molecule has 1 aromatic heterocycles. The SMILES string of the molecule is CC1(C)C[C@@H](O)C[C@](C)(CN=Cc2c(O)n(Cc3ccccc3)c(=O)[nH]c2=O)C1. The number of hydrogen-bond acceptors (Lipinski definition) is 5. The average Bonchev–Trinajstić information content (AvgIpc) is 2.60. The number of aliphatic imine (C=N–C) groups is 1. The second kappa shape index (κ2) is 7.99. The van der Waals surface area contributed by atoms with Gasteiger partial charge < -0.3 is 10.2 Å². The molecule has 0 bridgehead atoms. The number of hydrogen-bond donors (Lipinski definition) is 3. The summed E-state index contributed by atoms with van der Waals surface area (Å²) >= 11 is 0. The van der Waals surface area contributed by atoms with Crippen molar-refractivity contribution < 1.29 is 10.2 Å². The Balaban J connectivity index is 1.84. The zero-order chi connectivity index (χ0) is 21.2. The van der Waals surface area contributed by atoms with Crippen LogP contribution in [0.15, 0.2) is 44.9 Å². The van der Waals surface area contributed by atoms with Crippen LogP contribution in [-0.2, 0) is 6.54 Å². The van der Waals surface area contributed by atoms with Crippen LogP contribution in [0.3, 0.4) is 0 Å². The molecule has 0 saturated heterocycles. The predicted octanol–water partition coefficient (Wildman–Crippen LogP) is 2.29. The molecular formula is C22H29N3O4. The van der Waals surface area contributed by atoms with Crippen molar-refractivity contribution in [3.05, 3.63) is 62.3 Å². The zero-order valence-electron chi connectivity index (χ0n) is 17.2. The van der Waals surface area contributed by atoms with Gasteiger partial charge in [-0.05, 0) is 35.7 Å². The largest absolute Gasteiger partial charge is 0.494 e. The van der Waals surface area contributed by atoms with Crippen molar-refractivity contribution in [3.63, 3.8) is 0 Å². The highest BCUT2D eigenvalue weighted by Gasteiger charge is 2.40. The van der Waals surface area contributed by atoms with Crippen molar-refractivity contribution in [1.82, 2.24) is 9.55 Å². The summed E-state index contributed by atoms with van der Waals surface area (Å²) in [4.78, 5) is 31.0. The molecule has 1 aliphatic rings. The Morgan fingerprint density at radius 2 is 1.90 bits per heavy atom. The molecule has 1 aromatic carbocycles. The van der Waals surface area contributed by atoms with Gasteiger partial charge in [0.25, 0.3) is 5.56 Å². The smallest absolute Gasteiger partial charge is 0.331 e. The molecule has 0 aliphatic heterocycles. The van der Waals surface area contributed by atoms with E-state index in [1.54, 1.807) is 0 Å². The minimum atomic E-state index is -0.672. The number of aromatic amines is 1. The van der Waals surface area contributed by atoms with E-state index in [2.05, 4.69) is 30.7 Å². The van der Waals surface area contributed by atoms with Gasteiger partial charge in [-0.25, -0.2) is 4.79 Å². The Labute approximate surface area is 169 Å². The van der Waals surface area contributed by atoms with Crippen LogP contribution in [0.4, 0.5) is 0 Å². The van der Waals surface area contributed by atoms with Gasteiger partial charge in [-0.2, -0.15) is 0 Å². The molecule has 3 N–H and O–H groups in total. The molecular weight excluding hydrogens is 370 g/mol. The normalized spacial score (nSPS) is 24.1. The molecule has 29 heavy (non-hydrogen) atoms. The number of nitrogens with one attached hydrogen (secondary N) is 1. The Morgan fingerprint density at radius 1 is 1.21 bits per heavy atom. The molecule has 7 heteroatoms. The van der Waals surface area contributed by atoms with E-state index in [-0.39, 0.29) is 29.0 Å². The first kappa shape index (κ1) is 21.0. The van der Waals surface area contributed by atoms with Crippen LogP contribution >= 0.6 is 0 Å². The maximum atomic E-state index is 12.2. The van der Waals surface area contributed by atoms with Crippen molar-refractivity contribution in [3.8, 4) is 5.88 Å². The summed E-state index contributed by atoms with van der Waals surface area (Å²) in [7, 11) is 0. The quantitative estimate of drug-likeness (QED) is 0.671. The third kappa shape index (κ3) is 5.03. The molecule has 0 radical (unpaired) electrons. The lowest BCUT2D eigenvalue weighted by atomic mass is 9.63. The second-order valence-corrected chi connectivity index (χ2v) is 9.25. The summed E-state index contributed by atoms with van der Waals surface area (Å²) < 4.78 is 1.12. The van der Waals surface area contributed by atoms with E-state index in [1.165, 1.54) is 6.21 Å². The van der Waals surface area contributed by atoms with Gasteiger partial charge in [0.1, 0.15) is 5.56 Å². The minimum Gasteiger partial charge on any atom is -0.494 e. The second-order valence-electron chi connectivity index (χ2n) is 9.25. The predicted molar refractivity (Wildman–Crippen MR) is 113 cm³/mol. The van der Waals surface area contributed by atoms with Gasteiger partial charge in [-0.15, -0.1) is 0 Å². The number of benzene rings is 1. The summed E-state index contributed by atoms with van der Waals surface area (Å²) in [6, 6.07) is 9.21. The first-order chi connectivity index (χ1) is 13.6. The van der Waals surface area contributed by atoms with E-state index < -0.39 is 17.1 Å². The molecule has 0 spiro atoms. The maximum Gasteiger partial charge on any atom is 0.331 e. The van der Waals surface area contributed by atoms with Crippen LogP contribution in [0, 0.1) is 10.8 Å². The van der Waals surface area contributed by atoms with Gasteiger partial charge in [-0.1, -0.05) is 51.1 Å². The summed E-state index contributed by atoms with van der Waals surface area (Å²) in [5.41, 5.74) is -0.735. The van der Waals surface area contributed by atoms with Gasteiger partial charge in [0, 0.05) is 12.8 Å². The summed E-state index contributed by atoms with van der Waals surface area (Å²) in [5, 5.41) is 20.8. The van der Waals surface area contributed by atoms with Crippen molar-refractivity contribution in [2.45, 2.75) is 52.7 Å². The Morgan fingerprint density at radius 3 is 2.55 bits per heavy atom. The molecule has 2 aromatic rings. The monoisotopic (exact) mass is 399 g/mol. The zero-order valence-corrected chi connectivity index (χ0v) is 17.2. The first-order valence-electron chi connectivity index (χ1n) is 9.87. The van der Waals surface area contributed by atoms with Gasteiger partial charge in [0.15, 0.2) is 0 Å². The first-order valence-corrected chi connectivity index (χ1v) is 9.87. The number of aromatic hydroxyl groups is 1. The van der Waals surface area contributed by atoms with Crippen molar-refractivity contribution >= 4 is 6.21 Å². The van der Waals surface area contributed by atoms with Gasteiger partial charge in [0.05, 0.1) is 12.6 Å². The molecule has 7 nitrogen and oxygen atoms in total. The van der Waals surface area contributed by atoms with E-state index in [1.807, 2.05) is 30.3 Å². The molecule has 1 fully saturated rings. The highest BCUT2D eigenvalue weighted by atomic mass is 16.3. The average molecular weight is 399 g/mol. The Bertz CT molecular complexity index is 1010. The van der Waals surface area contributed by atoms with E-state index in [0.29, 0.717) is 13.0 Å². The number of rotatable bonds is 5. The molecule has 2 atom stereocenters. The summed E-state index contributed by atoms with van der Waals surface area (Å²) in [5.74, 6) is -0.402. The highest BCUT2D eigenvalue weighted by Crippen LogP contribution is 2.46. The fraction of sp³-hybridized carbons (Fsp3) is 0.500. The molecule has 1 heterocycles. The fourth-order valence-corrected chi connectivity index (χ4v) is 4.66. The number of H-pyrrole nitrogens is 1. The molecule has 156 valence electrons. The van der Waals surface area contributed by atoms with Crippen LogP contribution in [-0.4, -0.2) is 38.6 Å². The molecule has 0 unspecified atom stereocenters. The summed E-state index contributed by atoms with van der Waals surface area (Å²) in [6.45, 7) is 6.90. The van der Waals surface area contributed by atoms with Crippen LogP contribution < -0.4 is 11.2 Å². The lowest BCUT2D eigenvalue weighted by molar-refractivity contribution is -0.00472. The van der Waals surface area contributed by atoms with Gasteiger partial charge >= 0.3 is 5.69 Å². The number of aliphatic hydroxyl groups is 1. The summed E-state index contributed by atoms with van der Waals surface area (Å²) in [6.07, 6.45) is 3.27. The molecule has 3 rings (SSSR count). The lowest BCUT2D eigenvalue weighted by Crippen LogP contribution is -2.40. The maximum absolute atomic E-state index is 12.2. The van der Waals surface area contributed by atoms with E-state index in [4.69, 9.17) is 0 Å². The van der Waals surface area contributed by atoms with Crippen LogP contribution in [0.2, 0.25) is 0 Å². The standard InChI is InChI=1S/C22H29N3O4/c1-21(2)9-16(26)10-22(3,13-21)14-23-11-17-18(27)24-20(29)25(19(17)28)12-15-7-5-4-6-8-15/h4-8,11,16,26,28H,9-10,12-14H2,1-3H3,(H,24,27,29)/t16-,22+/m1/s1. The third-order valence-corrected chi connectivity index (χ3v) is 5.51. The van der Waals surface area contributed by atoms with E-state index in [0.717, 1.165) is 23.0 Å². The molecule has 0 amide bonds. The van der Waals surface area contributed by atoms with E-state index >= 15 is 0 Å². The van der Waals surface area contributed by atoms with Crippen molar-refractivity contribution in [2.75, 3.05) is 6.54 Å². The molecule has 1 saturated carbocycles. The number of aliphatic hydroxyl groups excluding tert-OH is 1. The van der Waals surface area contributed by atoms with Gasteiger partial charge in [-0.3, -0.25) is 19.3 Å². The topological polar surface area (TPSA) is 108 Å². The number of aromatic nitrogens is 2. The van der Waals surface area contributed by atoms with E-state index in [9.17, 15) is 19.8 Å². The van der Waals surface area contributed by atoms with Crippen molar-refractivity contribution in [2.24, 2.45) is 15.8 Å². The Hall–Kier alpha value is -2.67.